The minimum Gasteiger partial charge on any atom is -0.395 e. The smallest absolute Gasteiger partial charge is 0.395 e. The Morgan fingerprint density at radius 3 is 2.73 bits per heavy atom. The van der Waals surface area contributed by atoms with Crippen LogP contribution in [0.15, 0.2) is 10.9 Å². The number of fused-ring (bicyclic) bond motifs is 1. The average molecular weight is 219 g/mol. The van der Waals surface area contributed by atoms with Gasteiger partial charge in [-0.15, -0.1) is 0 Å². The van der Waals surface area contributed by atoms with Gasteiger partial charge in [0.2, 0.25) is 0 Å². The summed E-state index contributed by atoms with van der Waals surface area (Å²) in [5.41, 5.74) is 3.17. The summed E-state index contributed by atoms with van der Waals surface area (Å²) in [7, 11) is 0. The second-order valence-corrected chi connectivity index (χ2v) is 3.23. The number of nitrogen functional groups attached to an aromatic ring is 1. The molecule has 1 aliphatic rings. The van der Waals surface area contributed by atoms with Gasteiger partial charge in [0.25, 0.3) is 5.56 Å². The maximum absolute atomic E-state index is 12.4. The van der Waals surface area contributed by atoms with Crippen LogP contribution in [0.25, 0.3) is 0 Å². The summed E-state index contributed by atoms with van der Waals surface area (Å²) in [6, 6.07) is 0.534. The maximum Gasteiger partial charge on any atom is 0.418 e. The lowest BCUT2D eigenvalue weighted by molar-refractivity contribution is -0.137. The van der Waals surface area contributed by atoms with E-state index in [9.17, 15) is 18.0 Å². The summed E-state index contributed by atoms with van der Waals surface area (Å²) in [5.74, 6) is 0.0647. The highest BCUT2D eigenvalue weighted by Crippen LogP contribution is 2.36. The van der Waals surface area contributed by atoms with Crippen molar-refractivity contribution in [3.63, 3.8) is 0 Å². The van der Waals surface area contributed by atoms with Crippen molar-refractivity contribution in [2.24, 2.45) is 0 Å². The largest absolute Gasteiger partial charge is 0.418 e. The molecule has 1 aromatic heterocycles. The number of nitrogens with one attached hydrogen (secondary N) is 1. The van der Waals surface area contributed by atoms with Crippen molar-refractivity contribution in [3.8, 4) is 0 Å². The molecular weight excluding hydrogens is 211 g/mol. The van der Waals surface area contributed by atoms with Crippen LogP contribution in [-0.2, 0) is 12.7 Å². The number of halogens is 3. The van der Waals surface area contributed by atoms with Crippen molar-refractivity contribution in [1.29, 1.82) is 0 Å². The summed E-state index contributed by atoms with van der Waals surface area (Å²) in [6.07, 6.45) is -4.59. The maximum atomic E-state index is 12.4. The molecule has 0 atom stereocenters. The second-order valence-electron chi connectivity index (χ2n) is 3.23. The molecule has 3 N–H and O–H groups in total. The van der Waals surface area contributed by atoms with Crippen LogP contribution < -0.4 is 16.6 Å². The van der Waals surface area contributed by atoms with Crippen LogP contribution in [-0.4, -0.2) is 11.1 Å². The molecule has 15 heavy (non-hydrogen) atoms. The monoisotopic (exact) mass is 219 g/mol. The molecule has 0 saturated carbocycles. The first-order chi connectivity index (χ1) is 6.91. The van der Waals surface area contributed by atoms with Gasteiger partial charge in [0.1, 0.15) is 5.82 Å². The number of alkyl halides is 3. The van der Waals surface area contributed by atoms with Gasteiger partial charge in [-0.2, -0.15) is 13.2 Å². The third kappa shape index (κ3) is 1.43. The fourth-order valence-electron chi connectivity index (χ4n) is 1.60. The lowest BCUT2D eigenvalue weighted by atomic mass is 10.2. The standard InChI is InChI=1S/C8H8F3N3O/c9-8(10,11)4-3-5(15)14-2-1-13-7(14)6(4)12/h3,13H,1-2,12H2. The molecule has 0 amide bonds. The van der Waals surface area contributed by atoms with Crippen LogP contribution >= 0.6 is 0 Å². The third-order valence-corrected chi connectivity index (χ3v) is 2.28. The fourth-order valence-corrected chi connectivity index (χ4v) is 1.60. The SMILES string of the molecule is Nc1c(C(F)(F)F)cc(=O)n2c1NCC2. The molecule has 0 spiro atoms. The first-order valence-electron chi connectivity index (χ1n) is 4.25. The van der Waals surface area contributed by atoms with Gasteiger partial charge in [-0.1, -0.05) is 0 Å². The molecule has 0 aliphatic carbocycles. The Kier molecular flexibility index (Phi) is 1.92. The Bertz CT molecular complexity index is 463. The number of nitrogens with two attached hydrogens (primary N) is 1. The predicted molar refractivity (Wildman–Crippen MR) is 48.6 cm³/mol. The lowest BCUT2D eigenvalue weighted by Crippen LogP contribution is -2.22. The Hall–Kier alpha value is -1.66. The van der Waals surface area contributed by atoms with E-state index in [0.29, 0.717) is 19.2 Å². The molecule has 1 aromatic rings. The molecule has 0 aromatic carbocycles. The Labute approximate surface area is 82.5 Å². The van der Waals surface area contributed by atoms with Gasteiger partial charge < -0.3 is 11.1 Å². The Balaban J connectivity index is 2.71. The van der Waals surface area contributed by atoms with Crippen molar-refractivity contribution in [3.05, 3.63) is 22.0 Å². The Morgan fingerprint density at radius 1 is 1.47 bits per heavy atom. The summed E-state index contributed by atoms with van der Waals surface area (Å²) < 4.78 is 38.5. The molecule has 0 fully saturated rings. The third-order valence-electron chi connectivity index (χ3n) is 2.28. The normalized spacial score (nSPS) is 14.9. The number of nitrogens with zero attached hydrogens (tertiary/aromatic N) is 1. The van der Waals surface area contributed by atoms with E-state index in [1.165, 1.54) is 4.57 Å². The molecule has 7 heteroatoms. The minimum atomic E-state index is -4.59. The second kappa shape index (κ2) is 2.91. The van der Waals surface area contributed by atoms with Gasteiger partial charge in [0.15, 0.2) is 0 Å². The summed E-state index contributed by atoms with van der Waals surface area (Å²) in [6.45, 7) is 0.761. The lowest BCUT2D eigenvalue weighted by Gasteiger charge is -2.13. The molecule has 0 unspecified atom stereocenters. The molecule has 2 heterocycles. The number of hydrogen-bond donors (Lipinski definition) is 2. The van der Waals surface area contributed by atoms with Crippen LogP contribution in [0.2, 0.25) is 0 Å². The molecule has 0 radical (unpaired) electrons. The highest BCUT2D eigenvalue weighted by atomic mass is 19.4. The highest BCUT2D eigenvalue weighted by molar-refractivity contribution is 5.68. The summed E-state index contributed by atoms with van der Waals surface area (Å²) in [5, 5.41) is 2.66. The van der Waals surface area contributed by atoms with Gasteiger partial charge in [-0.3, -0.25) is 9.36 Å². The predicted octanol–water partition coefficient (Wildman–Crippen LogP) is 0.875. The topological polar surface area (TPSA) is 60.1 Å². The highest BCUT2D eigenvalue weighted by Gasteiger charge is 2.36. The van der Waals surface area contributed by atoms with Gasteiger partial charge in [-0.25, -0.2) is 0 Å². The van der Waals surface area contributed by atoms with Crippen molar-refractivity contribution >= 4 is 11.5 Å². The molecule has 4 nitrogen and oxygen atoms in total. The number of pyridine rings is 1. The van der Waals surface area contributed by atoms with Crippen molar-refractivity contribution in [2.45, 2.75) is 12.7 Å². The van der Waals surface area contributed by atoms with Gasteiger partial charge in [0.05, 0.1) is 11.3 Å². The first-order valence-corrected chi connectivity index (χ1v) is 4.25. The van der Waals surface area contributed by atoms with E-state index < -0.39 is 23.0 Å². The summed E-state index contributed by atoms with van der Waals surface area (Å²) >= 11 is 0. The van der Waals surface area contributed by atoms with E-state index in [0.717, 1.165) is 0 Å². The minimum absolute atomic E-state index is 0.0647. The van der Waals surface area contributed by atoms with Crippen LogP contribution in [0.4, 0.5) is 24.7 Å². The van der Waals surface area contributed by atoms with Gasteiger partial charge >= 0.3 is 6.18 Å². The van der Waals surface area contributed by atoms with E-state index >= 15 is 0 Å². The van der Waals surface area contributed by atoms with Crippen molar-refractivity contribution in [1.82, 2.24) is 4.57 Å². The van der Waals surface area contributed by atoms with E-state index in [2.05, 4.69) is 5.32 Å². The zero-order valence-corrected chi connectivity index (χ0v) is 7.56. The summed E-state index contributed by atoms with van der Waals surface area (Å²) in [4.78, 5) is 11.3. The van der Waals surface area contributed by atoms with Crippen molar-refractivity contribution in [2.75, 3.05) is 17.6 Å². The number of hydrogen-bond acceptors (Lipinski definition) is 3. The van der Waals surface area contributed by atoms with E-state index in [1.807, 2.05) is 0 Å². The first kappa shape index (κ1) is 9.88. The molecule has 0 saturated heterocycles. The van der Waals surface area contributed by atoms with Crippen LogP contribution in [0.3, 0.4) is 0 Å². The van der Waals surface area contributed by atoms with E-state index in [-0.39, 0.29) is 5.82 Å². The van der Waals surface area contributed by atoms with Crippen LogP contribution in [0, 0.1) is 0 Å². The number of aromatic nitrogens is 1. The van der Waals surface area contributed by atoms with E-state index in [1.54, 1.807) is 0 Å². The molecule has 2 rings (SSSR count). The zero-order chi connectivity index (χ0) is 11.2. The van der Waals surface area contributed by atoms with Gasteiger partial charge in [0, 0.05) is 19.2 Å². The Morgan fingerprint density at radius 2 is 2.13 bits per heavy atom. The molecule has 0 bridgehead atoms. The number of rotatable bonds is 0. The van der Waals surface area contributed by atoms with Crippen molar-refractivity contribution < 1.29 is 13.2 Å². The average Bonchev–Trinajstić information content (AvgIpc) is 2.58. The molecule has 82 valence electrons. The zero-order valence-electron chi connectivity index (χ0n) is 7.56. The van der Waals surface area contributed by atoms with Crippen LogP contribution in [0.1, 0.15) is 5.56 Å². The molecule has 1 aliphatic heterocycles. The number of anilines is 2. The quantitative estimate of drug-likeness (QED) is 0.680. The fraction of sp³-hybridized carbons (Fsp3) is 0.375. The van der Waals surface area contributed by atoms with Crippen LogP contribution in [0.5, 0.6) is 0 Å². The van der Waals surface area contributed by atoms with E-state index in [4.69, 9.17) is 5.73 Å². The molecular formula is C8H8F3N3O. The van der Waals surface area contributed by atoms with Gasteiger partial charge in [-0.05, 0) is 0 Å².